The second kappa shape index (κ2) is 12.5. The number of carbonyl (C=O) groups excluding carboxylic acids is 2. The molecule has 0 aliphatic rings. The number of amides is 2. The Morgan fingerprint density at radius 1 is 0.812 bits per heavy atom. The van der Waals surface area contributed by atoms with Gasteiger partial charge in [0.05, 0.1) is 32.4 Å². The average molecular weight is 435 g/mol. The summed E-state index contributed by atoms with van der Waals surface area (Å²) in [6.07, 6.45) is 2.58. The lowest BCUT2D eigenvalue weighted by atomic mass is 10.1. The predicted molar refractivity (Wildman–Crippen MR) is 123 cm³/mol. The molecule has 0 fully saturated rings. The molecule has 0 bridgehead atoms. The second-order valence-electron chi connectivity index (χ2n) is 7.60. The standard InChI is InChI=1S/C26H30N2O4/c1-31-18-16-28(25(29)19-23-11-6-3-7-12-23)21-26(30)27(20-24-13-8-17-32-24)15-14-22-9-4-2-5-10-22/h2-13,17H,14-16,18-21H2,1H3. The number of methoxy groups -OCH3 is 1. The van der Waals surface area contributed by atoms with Crippen LogP contribution in [-0.2, 0) is 33.7 Å². The molecule has 0 radical (unpaired) electrons. The van der Waals surface area contributed by atoms with Crippen LogP contribution in [0, 0.1) is 0 Å². The van der Waals surface area contributed by atoms with Crippen LogP contribution in [0.25, 0.3) is 0 Å². The van der Waals surface area contributed by atoms with Gasteiger partial charge in [-0.25, -0.2) is 0 Å². The number of furan rings is 1. The SMILES string of the molecule is COCCN(CC(=O)N(CCc1ccccc1)Cc1ccco1)C(=O)Cc1ccccc1. The van der Waals surface area contributed by atoms with Crippen LogP contribution in [0.3, 0.4) is 0 Å². The minimum absolute atomic E-state index is 0.00449. The quantitative estimate of drug-likeness (QED) is 0.437. The van der Waals surface area contributed by atoms with Crippen molar-refractivity contribution in [3.05, 3.63) is 95.9 Å². The van der Waals surface area contributed by atoms with E-state index in [0.29, 0.717) is 32.0 Å². The van der Waals surface area contributed by atoms with Crippen LogP contribution in [0.1, 0.15) is 16.9 Å². The Balaban J connectivity index is 1.68. The van der Waals surface area contributed by atoms with E-state index in [1.165, 1.54) is 0 Å². The van der Waals surface area contributed by atoms with Crippen LogP contribution in [0.2, 0.25) is 0 Å². The zero-order valence-electron chi connectivity index (χ0n) is 18.5. The van der Waals surface area contributed by atoms with Gasteiger partial charge in [0.25, 0.3) is 0 Å². The molecule has 6 heteroatoms. The number of nitrogens with zero attached hydrogens (tertiary/aromatic N) is 2. The van der Waals surface area contributed by atoms with Crippen molar-refractivity contribution in [1.29, 1.82) is 0 Å². The van der Waals surface area contributed by atoms with E-state index in [2.05, 4.69) is 0 Å². The monoisotopic (exact) mass is 434 g/mol. The van der Waals surface area contributed by atoms with Gasteiger partial charge in [0.2, 0.25) is 11.8 Å². The van der Waals surface area contributed by atoms with Crippen molar-refractivity contribution in [3.8, 4) is 0 Å². The van der Waals surface area contributed by atoms with Gasteiger partial charge in [-0.15, -0.1) is 0 Å². The number of carbonyl (C=O) groups is 2. The molecule has 0 N–H and O–H groups in total. The molecular formula is C26H30N2O4. The van der Waals surface area contributed by atoms with Crippen LogP contribution >= 0.6 is 0 Å². The van der Waals surface area contributed by atoms with E-state index in [9.17, 15) is 9.59 Å². The highest BCUT2D eigenvalue weighted by molar-refractivity contribution is 5.86. The van der Waals surface area contributed by atoms with Crippen LogP contribution in [0.15, 0.2) is 83.5 Å². The molecule has 0 unspecified atom stereocenters. The molecule has 0 saturated heterocycles. The fraction of sp³-hybridized carbons (Fsp3) is 0.308. The van der Waals surface area contributed by atoms with Gasteiger partial charge in [-0.2, -0.15) is 0 Å². The first-order valence-corrected chi connectivity index (χ1v) is 10.8. The summed E-state index contributed by atoms with van der Waals surface area (Å²) in [6.45, 7) is 1.64. The van der Waals surface area contributed by atoms with E-state index in [4.69, 9.17) is 9.15 Å². The lowest BCUT2D eigenvalue weighted by molar-refractivity contribution is -0.141. The fourth-order valence-corrected chi connectivity index (χ4v) is 3.43. The first-order chi connectivity index (χ1) is 15.7. The fourth-order valence-electron chi connectivity index (χ4n) is 3.43. The summed E-state index contributed by atoms with van der Waals surface area (Å²) >= 11 is 0. The molecule has 3 rings (SSSR count). The number of rotatable bonds is 12. The molecule has 3 aromatic rings. The van der Waals surface area contributed by atoms with Crippen molar-refractivity contribution < 1.29 is 18.7 Å². The largest absolute Gasteiger partial charge is 0.467 e. The van der Waals surface area contributed by atoms with Gasteiger partial charge < -0.3 is 19.0 Å². The molecule has 6 nitrogen and oxygen atoms in total. The molecule has 0 atom stereocenters. The van der Waals surface area contributed by atoms with Crippen molar-refractivity contribution in [2.75, 3.05) is 33.4 Å². The Hall–Kier alpha value is -3.38. The van der Waals surface area contributed by atoms with Gasteiger partial charge in [-0.1, -0.05) is 60.7 Å². The maximum absolute atomic E-state index is 13.3. The lowest BCUT2D eigenvalue weighted by Crippen LogP contribution is -2.45. The van der Waals surface area contributed by atoms with Gasteiger partial charge in [0, 0.05) is 20.2 Å². The van der Waals surface area contributed by atoms with Crippen molar-refractivity contribution in [1.82, 2.24) is 9.80 Å². The third-order valence-corrected chi connectivity index (χ3v) is 5.24. The summed E-state index contributed by atoms with van der Waals surface area (Å²) in [6, 6.07) is 23.3. The molecule has 0 aliphatic carbocycles. The molecule has 0 aliphatic heterocycles. The van der Waals surface area contributed by atoms with Gasteiger partial charge in [0.15, 0.2) is 0 Å². The van der Waals surface area contributed by atoms with Crippen molar-refractivity contribution in [2.24, 2.45) is 0 Å². The Morgan fingerprint density at radius 3 is 2.12 bits per heavy atom. The molecular weight excluding hydrogens is 404 g/mol. The van der Waals surface area contributed by atoms with Crippen LogP contribution in [0.5, 0.6) is 0 Å². The second-order valence-corrected chi connectivity index (χ2v) is 7.60. The van der Waals surface area contributed by atoms with Crippen LogP contribution < -0.4 is 0 Å². The van der Waals surface area contributed by atoms with E-state index in [0.717, 1.165) is 17.5 Å². The molecule has 1 aromatic heterocycles. The van der Waals surface area contributed by atoms with E-state index in [1.807, 2.05) is 72.8 Å². The molecule has 1 heterocycles. The van der Waals surface area contributed by atoms with Crippen LogP contribution in [0.4, 0.5) is 0 Å². The highest BCUT2D eigenvalue weighted by Gasteiger charge is 2.22. The van der Waals surface area contributed by atoms with E-state index >= 15 is 0 Å². The predicted octanol–water partition coefficient (Wildman–Crippen LogP) is 3.57. The topological polar surface area (TPSA) is 63.0 Å². The first kappa shape index (κ1) is 23.3. The first-order valence-electron chi connectivity index (χ1n) is 10.8. The molecule has 0 spiro atoms. The summed E-state index contributed by atoms with van der Waals surface area (Å²) in [5.41, 5.74) is 2.07. The lowest BCUT2D eigenvalue weighted by Gasteiger charge is -2.27. The highest BCUT2D eigenvalue weighted by atomic mass is 16.5. The van der Waals surface area contributed by atoms with Crippen molar-refractivity contribution >= 4 is 11.8 Å². The van der Waals surface area contributed by atoms with E-state index in [-0.39, 0.29) is 24.8 Å². The zero-order chi connectivity index (χ0) is 22.6. The Morgan fingerprint density at radius 2 is 1.50 bits per heavy atom. The summed E-state index contributed by atoms with van der Waals surface area (Å²) in [7, 11) is 1.59. The third kappa shape index (κ3) is 7.39. The summed E-state index contributed by atoms with van der Waals surface area (Å²) in [5, 5.41) is 0. The maximum atomic E-state index is 13.3. The normalized spacial score (nSPS) is 10.7. The van der Waals surface area contributed by atoms with Crippen molar-refractivity contribution in [3.63, 3.8) is 0 Å². The Labute approximate surface area is 189 Å². The maximum Gasteiger partial charge on any atom is 0.242 e. The summed E-state index contributed by atoms with van der Waals surface area (Å²) in [5.74, 6) is 0.503. The number of ether oxygens (including phenoxy) is 1. The minimum atomic E-state index is -0.116. The minimum Gasteiger partial charge on any atom is -0.467 e. The van der Waals surface area contributed by atoms with Gasteiger partial charge in [-0.05, 0) is 29.7 Å². The average Bonchev–Trinajstić information content (AvgIpc) is 3.33. The number of hydrogen-bond acceptors (Lipinski definition) is 4. The van der Waals surface area contributed by atoms with Gasteiger partial charge in [-0.3, -0.25) is 9.59 Å². The molecule has 0 saturated carbocycles. The zero-order valence-corrected chi connectivity index (χ0v) is 18.5. The Bertz CT molecular complexity index is 942. The highest BCUT2D eigenvalue weighted by Crippen LogP contribution is 2.10. The van der Waals surface area contributed by atoms with Crippen LogP contribution in [-0.4, -0.2) is 55.0 Å². The smallest absolute Gasteiger partial charge is 0.242 e. The third-order valence-electron chi connectivity index (χ3n) is 5.24. The van der Waals surface area contributed by atoms with Gasteiger partial charge >= 0.3 is 0 Å². The van der Waals surface area contributed by atoms with Crippen molar-refractivity contribution in [2.45, 2.75) is 19.4 Å². The molecule has 32 heavy (non-hydrogen) atoms. The summed E-state index contributed by atoms with van der Waals surface area (Å²) in [4.78, 5) is 29.6. The molecule has 2 amide bonds. The van der Waals surface area contributed by atoms with E-state index < -0.39 is 0 Å². The Kier molecular flexibility index (Phi) is 9.07. The van der Waals surface area contributed by atoms with Gasteiger partial charge in [0.1, 0.15) is 5.76 Å². The van der Waals surface area contributed by atoms with E-state index in [1.54, 1.807) is 23.2 Å². The molecule has 168 valence electrons. The number of hydrogen-bond donors (Lipinski definition) is 0. The summed E-state index contributed by atoms with van der Waals surface area (Å²) < 4.78 is 10.6. The number of benzene rings is 2. The molecule has 2 aromatic carbocycles.